The quantitative estimate of drug-likeness (QED) is 0.273. The zero-order valence-electron chi connectivity index (χ0n) is 20.8. The number of aromatic nitrogens is 3. The van der Waals surface area contributed by atoms with Crippen molar-refractivity contribution in [2.24, 2.45) is 4.99 Å². The molecule has 0 aliphatic heterocycles. The van der Waals surface area contributed by atoms with E-state index < -0.39 is 11.4 Å². The molecule has 0 aliphatic carbocycles. The van der Waals surface area contributed by atoms with E-state index >= 15 is 0 Å². The predicted molar refractivity (Wildman–Crippen MR) is 143 cm³/mol. The van der Waals surface area contributed by atoms with E-state index in [1.54, 1.807) is 73.7 Å². The van der Waals surface area contributed by atoms with Crippen molar-refractivity contribution in [1.29, 1.82) is 0 Å². The van der Waals surface area contributed by atoms with Gasteiger partial charge in [0, 0.05) is 11.6 Å². The van der Waals surface area contributed by atoms with Gasteiger partial charge in [0.1, 0.15) is 11.5 Å². The maximum atomic E-state index is 13.1. The fourth-order valence-electron chi connectivity index (χ4n) is 3.75. The molecular weight excluding hydrogens is 510 g/mol. The second-order valence-electron chi connectivity index (χ2n) is 8.30. The smallest absolute Gasteiger partial charge is 0.353 e. The van der Waals surface area contributed by atoms with Crippen LogP contribution in [-0.4, -0.2) is 26.9 Å². The zero-order chi connectivity index (χ0) is 27.2. The first-order valence-electron chi connectivity index (χ1n) is 11.7. The minimum Gasteiger partial charge on any atom is -0.469 e. The van der Waals surface area contributed by atoms with Crippen LogP contribution in [0.3, 0.4) is 0 Å². The minimum absolute atomic E-state index is 0.0103. The molecule has 0 bridgehead atoms. The number of carbonyl (C=O) groups excluding carboxylic acids is 1. The summed E-state index contributed by atoms with van der Waals surface area (Å²) in [6.45, 7) is 1.98. The average molecular weight is 536 g/mol. The topological polar surface area (TPSA) is 123 Å². The standard InChI is InChI=1S/C27H26ClN5O5/c1-3-31-26(35)32(17-18-7-9-20(28)10-8-18)25(33(29)27(31)36)30-21-11-13-22(14-12-21)38-23-6-4-5-19(15-23)16-24(34)37-2/h4-15H,3,16-17,29H2,1-2H3/b30-25-. The van der Waals surface area contributed by atoms with Gasteiger partial charge in [-0.05, 0) is 66.6 Å². The third kappa shape index (κ3) is 6.04. The van der Waals surface area contributed by atoms with E-state index in [-0.39, 0.29) is 31.1 Å². The van der Waals surface area contributed by atoms with Gasteiger partial charge in [0.25, 0.3) is 0 Å². The number of rotatable bonds is 8. The van der Waals surface area contributed by atoms with Gasteiger partial charge >= 0.3 is 17.3 Å². The summed E-state index contributed by atoms with van der Waals surface area (Å²) in [6.07, 6.45) is 0.138. The van der Waals surface area contributed by atoms with Crippen molar-refractivity contribution in [3.63, 3.8) is 0 Å². The highest BCUT2D eigenvalue weighted by Crippen LogP contribution is 2.25. The fourth-order valence-corrected chi connectivity index (χ4v) is 3.88. The molecule has 0 saturated carbocycles. The van der Waals surface area contributed by atoms with Gasteiger partial charge in [0.05, 0.1) is 25.8 Å². The van der Waals surface area contributed by atoms with E-state index in [0.29, 0.717) is 22.2 Å². The summed E-state index contributed by atoms with van der Waals surface area (Å²) in [5.74, 6) is 6.83. The fraction of sp³-hybridized carbons (Fsp3) is 0.185. The van der Waals surface area contributed by atoms with Crippen LogP contribution < -0.4 is 27.6 Å². The SMILES string of the molecule is CCn1c(=O)n(N)/c(=N\c2ccc(Oc3cccc(CC(=O)OC)c3)cc2)n(Cc2ccc(Cl)cc2)c1=O. The number of hydrogen-bond donors (Lipinski definition) is 1. The van der Waals surface area contributed by atoms with Gasteiger partial charge < -0.3 is 15.3 Å². The van der Waals surface area contributed by atoms with E-state index in [0.717, 1.165) is 20.4 Å². The van der Waals surface area contributed by atoms with Crippen molar-refractivity contribution >= 4 is 23.3 Å². The first-order chi connectivity index (χ1) is 18.3. The molecule has 0 unspecified atom stereocenters. The highest BCUT2D eigenvalue weighted by atomic mass is 35.5. The van der Waals surface area contributed by atoms with Gasteiger partial charge in [0.2, 0.25) is 5.62 Å². The third-order valence-corrected chi connectivity index (χ3v) is 5.95. The monoisotopic (exact) mass is 535 g/mol. The molecule has 0 atom stereocenters. The molecule has 196 valence electrons. The maximum absolute atomic E-state index is 13.1. The van der Waals surface area contributed by atoms with Crippen molar-refractivity contribution in [2.75, 3.05) is 13.0 Å². The lowest BCUT2D eigenvalue weighted by atomic mass is 10.1. The molecule has 2 N–H and O–H groups in total. The van der Waals surface area contributed by atoms with Crippen LogP contribution in [-0.2, 0) is 29.0 Å². The summed E-state index contributed by atoms with van der Waals surface area (Å²) >= 11 is 5.99. The number of ether oxygens (including phenoxy) is 2. The Morgan fingerprint density at radius 3 is 2.29 bits per heavy atom. The van der Waals surface area contributed by atoms with E-state index in [9.17, 15) is 14.4 Å². The number of carbonyl (C=O) groups is 1. The summed E-state index contributed by atoms with van der Waals surface area (Å²) in [7, 11) is 1.34. The summed E-state index contributed by atoms with van der Waals surface area (Å²) in [5, 5.41) is 0.566. The van der Waals surface area contributed by atoms with Gasteiger partial charge in [-0.2, -0.15) is 4.68 Å². The number of halogens is 1. The Morgan fingerprint density at radius 1 is 0.921 bits per heavy atom. The molecule has 1 aromatic heterocycles. The number of hydrogen-bond acceptors (Lipinski definition) is 7. The number of nitrogens with two attached hydrogens (primary N) is 1. The number of nitrogens with zero attached hydrogens (tertiary/aromatic N) is 4. The highest BCUT2D eigenvalue weighted by molar-refractivity contribution is 6.30. The molecule has 38 heavy (non-hydrogen) atoms. The van der Waals surface area contributed by atoms with Gasteiger partial charge in [-0.15, -0.1) is 0 Å². The minimum atomic E-state index is -0.671. The number of esters is 1. The van der Waals surface area contributed by atoms with Gasteiger partial charge in [0.15, 0.2) is 0 Å². The first-order valence-corrected chi connectivity index (χ1v) is 12.1. The Kier molecular flexibility index (Phi) is 8.12. The molecule has 4 rings (SSSR count). The molecule has 0 aliphatic rings. The predicted octanol–water partition coefficient (Wildman–Crippen LogP) is 2.99. The molecule has 10 nitrogen and oxygen atoms in total. The van der Waals surface area contributed by atoms with E-state index in [1.165, 1.54) is 11.7 Å². The molecule has 0 amide bonds. The van der Waals surface area contributed by atoms with E-state index in [2.05, 4.69) is 4.99 Å². The van der Waals surface area contributed by atoms with E-state index in [1.807, 2.05) is 6.07 Å². The lowest BCUT2D eigenvalue weighted by Crippen LogP contribution is -2.57. The van der Waals surface area contributed by atoms with Gasteiger partial charge in [-0.3, -0.25) is 9.36 Å². The molecule has 11 heteroatoms. The molecule has 4 aromatic rings. The largest absolute Gasteiger partial charge is 0.469 e. The third-order valence-electron chi connectivity index (χ3n) is 5.70. The highest BCUT2D eigenvalue weighted by Gasteiger charge is 2.13. The molecule has 0 spiro atoms. The van der Waals surface area contributed by atoms with Crippen molar-refractivity contribution in [3.8, 4) is 11.5 Å². The second kappa shape index (κ2) is 11.7. The number of nitrogen functional groups attached to an aromatic ring is 1. The van der Waals surface area contributed by atoms with Crippen LogP contribution in [0.2, 0.25) is 5.02 Å². The van der Waals surface area contributed by atoms with Crippen LogP contribution >= 0.6 is 11.6 Å². The molecule has 0 fully saturated rings. The van der Waals surface area contributed by atoms with Crippen molar-refractivity contribution < 1.29 is 14.3 Å². The van der Waals surface area contributed by atoms with Crippen molar-refractivity contribution in [1.82, 2.24) is 13.8 Å². The second-order valence-corrected chi connectivity index (χ2v) is 8.74. The van der Waals surface area contributed by atoms with Gasteiger partial charge in [-0.1, -0.05) is 35.9 Å². The molecule has 0 saturated heterocycles. The summed E-state index contributed by atoms with van der Waals surface area (Å²) < 4.78 is 13.8. The Hall–Kier alpha value is -4.57. The molecule has 3 aromatic carbocycles. The van der Waals surface area contributed by atoms with Crippen LogP contribution in [0.15, 0.2) is 87.4 Å². The summed E-state index contributed by atoms with van der Waals surface area (Å²) in [4.78, 5) is 41.9. The summed E-state index contributed by atoms with van der Waals surface area (Å²) in [6, 6.07) is 20.9. The Bertz CT molecular complexity index is 1640. The Labute approximate surface area is 222 Å². The molecule has 0 radical (unpaired) electrons. The first kappa shape index (κ1) is 26.5. The van der Waals surface area contributed by atoms with Crippen molar-refractivity contribution in [3.05, 3.63) is 116 Å². The zero-order valence-corrected chi connectivity index (χ0v) is 21.6. The number of methoxy groups -OCH3 is 1. The maximum Gasteiger partial charge on any atom is 0.353 e. The van der Waals surface area contributed by atoms with Gasteiger partial charge in [-0.25, -0.2) is 19.1 Å². The molecular formula is C27H26ClN5O5. The van der Waals surface area contributed by atoms with Crippen LogP contribution in [0, 0.1) is 0 Å². The van der Waals surface area contributed by atoms with Crippen LogP contribution in [0.4, 0.5) is 5.69 Å². The normalized spacial score (nSPS) is 11.4. The number of benzene rings is 3. The van der Waals surface area contributed by atoms with Crippen LogP contribution in [0.5, 0.6) is 11.5 Å². The Balaban J connectivity index is 1.68. The van der Waals surface area contributed by atoms with E-state index in [4.69, 9.17) is 26.9 Å². The lowest BCUT2D eigenvalue weighted by Gasteiger charge is -2.13. The summed E-state index contributed by atoms with van der Waals surface area (Å²) in [5.41, 5.74) is 0.786. The van der Waals surface area contributed by atoms with Crippen molar-refractivity contribution in [2.45, 2.75) is 26.4 Å². The molecule has 1 heterocycles. The average Bonchev–Trinajstić information content (AvgIpc) is 2.92. The van der Waals surface area contributed by atoms with Crippen LogP contribution in [0.25, 0.3) is 0 Å². The lowest BCUT2D eigenvalue weighted by molar-refractivity contribution is -0.139. The Morgan fingerprint density at radius 2 is 1.63 bits per heavy atom. The van der Waals surface area contributed by atoms with Crippen LogP contribution in [0.1, 0.15) is 18.1 Å².